The van der Waals surface area contributed by atoms with Crippen LogP contribution in [0.4, 0.5) is 0 Å². The van der Waals surface area contributed by atoms with E-state index >= 15 is 0 Å². The molecule has 2 nitrogen and oxygen atoms in total. The topological polar surface area (TPSA) is 49.8 Å². The van der Waals surface area contributed by atoms with Gasteiger partial charge in [0.15, 0.2) is 0 Å². The Morgan fingerprint density at radius 1 is 1.60 bits per heavy atom. The highest BCUT2D eigenvalue weighted by Crippen LogP contribution is 2.07. The standard InChI is InChI=1S/C7H7BrN2/c1-5(4-9)7(10)3-6(2)8/h3H,1-2,10H2/b7-3+. The number of allylic oxidation sites excluding steroid dienone is 3. The predicted octanol–water partition coefficient (Wildman–Crippen LogP) is 1.82. The van der Waals surface area contributed by atoms with Gasteiger partial charge < -0.3 is 5.73 Å². The number of hydrogen-bond donors (Lipinski definition) is 1. The second kappa shape index (κ2) is 3.91. The van der Waals surface area contributed by atoms with Crippen LogP contribution < -0.4 is 5.73 Å². The SMILES string of the molecule is C=C(Br)/C=C(/N)C(=C)C#N. The van der Waals surface area contributed by atoms with E-state index in [9.17, 15) is 0 Å². The van der Waals surface area contributed by atoms with Crippen molar-refractivity contribution in [2.24, 2.45) is 5.73 Å². The lowest BCUT2D eigenvalue weighted by atomic mass is 10.2. The molecule has 0 unspecified atom stereocenters. The Labute approximate surface area is 68.5 Å². The Hall–Kier alpha value is -1.01. The molecule has 0 aromatic carbocycles. The molecule has 0 aromatic rings. The Balaban J connectivity index is 4.38. The predicted molar refractivity (Wildman–Crippen MR) is 45.1 cm³/mol. The summed E-state index contributed by atoms with van der Waals surface area (Å²) in [6.07, 6.45) is 1.53. The van der Waals surface area contributed by atoms with Crippen LogP contribution in [0.2, 0.25) is 0 Å². The minimum atomic E-state index is 0.251. The molecule has 3 heteroatoms. The summed E-state index contributed by atoms with van der Waals surface area (Å²) in [7, 11) is 0. The molecular formula is C7H7BrN2. The van der Waals surface area contributed by atoms with Gasteiger partial charge in [0.1, 0.15) is 6.07 Å². The first-order valence-electron chi connectivity index (χ1n) is 2.49. The zero-order chi connectivity index (χ0) is 8.15. The Bertz CT molecular complexity index is 232. The number of hydrogen-bond acceptors (Lipinski definition) is 2. The molecule has 0 heterocycles. The molecule has 0 spiro atoms. The van der Waals surface area contributed by atoms with Crippen molar-refractivity contribution in [2.45, 2.75) is 0 Å². The van der Waals surface area contributed by atoms with Gasteiger partial charge in [-0.3, -0.25) is 0 Å². The molecule has 0 aliphatic rings. The van der Waals surface area contributed by atoms with E-state index in [2.05, 4.69) is 29.1 Å². The van der Waals surface area contributed by atoms with Gasteiger partial charge in [0, 0.05) is 10.2 Å². The molecular weight excluding hydrogens is 192 g/mol. The van der Waals surface area contributed by atoms with E-state index in [1.807, 2.05) is 6.07 Å². The van der Waals surface area contributed by atoms with Gasteiger partial charge in [-0.2, -0.15) is 5.26 Å². The third-order valence-corrected chi connectivity index (χ3v) is 1.02. The Kier molecular flexibility index (Phi) is 3.52. The highest BCUT2D eigenvalue weighted by Gasteiger charge is 1.93. The Morgan fingerprint density at radius 3 is 2.40 bits per heavy atom. The number of halogens is 1. The lowest BCUT2D eigenvalue weighted by molar-refractivity contribution is 1.35. The molecule has 0 amide bonds. The molecule has 0 saturated heterocycles. The quantitative estimate of drug-likeness (QED) is 0.544. The summed E-state index contributed by atoms with van der Waals surface area (Å²) in [6.45, 7) is 6.93. The number of rotatable bonds is 2. The Morgan fingerprint density at radius 2 is 2.10 bits per heavy atom. The number of nitrogens with zero attached hydrogens (tertiary/aromatic N) is 1. The van der Waals surface area contributed by atoms with E-state index in [-0.39, 0.29) is 5.57 Å². The van der Waals surface area contributed by atoms with Crippen LogP contribution in [0.25, 0.3) is 0 Å². The highest BCUT2D eigenvalue weighted by atomic mass is 79.9. The van der Waals surface area contributed by atoms with Crippen LogP contribution in [0, 0.1) is 11.3 Å². The van der Waals surface area contributed by atoms with Crippen molar-refractivity contribution < 1.29 is 0 Å². The molecule has 0 atom stereocenters. The summed E-state index contributed by atoms with van der Waals surface area (Å²) in [5, 5.41) is 8.30. The fraction of sp³-hybridized carbons (Fsp3) is 0. The van der Waals surface area contributed by atoms with Crippen LogP contribution in [0.1, 0.15) is 0 Å². The van der Waals surface area contributed by atoms with Gasteiger partial charge in [0.2, 0.25) is 0 Å². The number of nitriles is 1. The maximum Gasteiger partial charge on any atom is 0.101 e. The zero-order valence-electron chi connectivity index (χ0n) is 5.39. The van der Waals surface area contributed by atoms with Gasteiger partial charge in [0.25, 0.3) is 0 Å². The molecule has 0 aliphatic carbocycles. The lowest BCUT2D eigenvalue weighted by Crippen LogP contribution is -1.97. The molecule has 0 aromatic heterocycles. The second-order valence-electron chi connectivity index (χ2n) is 1.64. The van der Waals surface area contributed by atoms with Gasteiger partial charge in [-0.15, -0.1) is 0 Å². The van der Waals surface area contributed by atoms with Gasteiger partial charge in [-0.25, -0.2) is 0 Å². The monoisotopic (exact) mass is 198 g/mol. The molecule has 0 radical (unpaired) electrons. The molecule has 0 rings (SSSR count). The normalized spacial score (nSPS) is 10.2. The van der Waals surface area contributed by atoms with E-state index in [1.165, 1.54) is 6.08 Å². The third-order valence-electron chi connectivity index (χ3n) is 0.796. The van der Waals surface area contributed by atoms with Crippen molar-refractivity contribution in [2.75, 3.05) is 0 Å². The molecule has 52 valence electrons. The van der Waals surface area contributed by atoms with Crippen molar-refractivity contribution >= 4 is 15.9 Å². The van der Waals surface area contributed by atoms with Crippen LogP contribution in [-0.2, 0) is 0 Å². The summed E-state index contributed by atoms with van der Waals surface area (Å²) in [5.41, 5.74) is 5.96. The van der Waals surface area contributed by atoms with Crippen molar-refractivity contribution in [3.63, 3.8) is 0 Å². The zero-order valence-corrected chi connectivity index (χ0v) is 6.98. The molecule has 0 aliphatic heterocycles. The van der Waals surface area contributed by atoms with E-state index in [0.717, 1.165) is 0 Å². The van der Waals surface area contributed by atoms with Crippen LogP contribution in [-0.4, -0.2) is 0 Å². The average Bonchev–Trinajstić information content (AvgIpc) is 1.85. The summed E-state index contributed by atoms with van der Waals surface area (Å²) in [4.78, 5) is 0. The van der Waals surface area contributed by atoms with Gasteiger partial charge in [0.05, 0.1) is 5.57 Å². The van der Waals surface area contributed by atoms with E-state index < -0.39 is 0 Å². The second-order valence-corrected chi connectivity index (χ2v) is 2.66. The highest BCUT2D eigenvalue weighted by molar-refractivity contribution is 9.11. The van der Waals surface area contributed by atoms with Crippen LogP contribution in [0.15, 0.2) is 35.0 Å². The maximum absolute atomic E-state index is 8.30. The first-order valence-corrected chi connectivity index (χ1v) is 3.28. The smallest absolute Gasteiger partial charge is 0.101 e. The van der Waals surface area contributed by atoms with Crippen LogP contribution in [0.3, 0.4) is 0 Å². The molecule has 0 bridgehead atoms. The summed E-state index contributed by atoms with van der Waals surface area (Å²) in [5.74, 6) is 0. The number of nitrogens with two attached hydrogens (primary N) is 1. The average molecular weight is 199 g/mol. The van der Waals surface area contributed by atoms with Crippen LogP contribution >= 0.6 is 15.9 Å². The lowest BCUT2D eigenvalue weighted by Gasteiger charge is -1.93. The van der Waals surface area contributed by atoms with Crippen molar-refractivity contribution in [3.05, 3.63) is 35.0 Å². The summed E-state index contributed by atoms with van der Waals surface area (Å²) in [6, 6.07) is 1.82. The van der Waals surface area contributed by atoms with Crippen molar-refractivity contribution in [1.82, 2.24) is 0 Å². The van der Waals surface area contributed by atoms with E-state index in [1.54, 1.807) is 0 Å². The maximum atomic E-state index is 8.30. The molecule has 0 fully saturated rings. The first-order chi connectivity index (χ1) is 4.57. The molecule has 0 saturated carbocycles. The summed E-state index contributed by atoms with van der Waals surface area (Å²) >= 11 is 3.07. The molecule has 10 heavy (non-hydrogen) atoms. The van der Waals surface area contributed by atoms with Crippen molar-refractivity contribution in [1.29, 1.82) is 5.26 Å². The van der Waals surface area contributed by atoms with Gasteiger partial charge >= 0.3 is 0 Å². The minimum Gasteiger partial charge on any atom is -0.398 e. The van der Waals surface area contributed by atoms with Gasteiger partial charge in [-0.1, -0.05) is 29.1 Å². The van der Waals surface area contributed by atoms with Crippen LogP contribution in [0.5, 0.6) is 0 Å². The fourth-order valence-corrected chi connectivity index (χ4v) is 0.567. The first kappa shape index (κ1) is 8.99. The van der Waals surface area contributed by atoms with Crippen molar-refractivity contribution in [3.8, 4) is 6.07 Å². The minimum absolute atomic E-state index is 0.251. The van der Waals surface area contributed by atoms with E-state index in [0.29, 0.717) is 10.2 Å². The van der Waals surface area contributed by atoms with Gasteiger partial charge in [-0.05, 0) is 6.08 Å². The molecule has 2 N–H and O–H groups in total. The largest absolute Gasteiger partial charge is 0.398 e. The van der Waals surface area contributed by atoms with E-state index in [4.69, 9.17) is 11.0 Å². The fourth-order valence-electron chi connectivity index (χ4n) is 0.320. The summed E-state index contributed by atoms with van der Waals surface area (Å²) < 4.78 is 0.626. The third kappa shape index (κ3) is 3.10.